The second-order valence-corrected chi connectivity index (χ2v) is 11.3. The van der Waals surface area contributed by atoms with Crippen molar-refractivity contribution in [2.75, 3.05) is 32.7 Å². The van der Waals surface area contributed by atoms with Crippen molar-refractivity contribution in [1.82, 2.24) is 13.8 Å². The Balaban J connectivity index is 1.35. The SMILES string of the molecule is Cc1ccccc1CS(=O)(=O)N1CCN(CC(=O)c2cc(C)n(C3CCCC3)c2C)CC1. The number of hydrogen-bond donors (Lipinski definition) is 0. The van der Waals surface area contributed by atoms with Crippen molar-refractivity contribution in [3.63, 3.8) is 0 Å². The molecule has 0 unspecified atom stereocenters. The topological polar surface area (TPSA) is 62.6 Å². The Kier molecular flexibility index (Phi) is 6.89. The minimum Gasteiger partial charge on any atom is -0.345 e. The molecule has 6 nitrogen and oxygen atoms in total. The number of ketones is 1. The zero-order valence-corrected chi connectivity index (χ0v) is 20.3. The second-order valence-electron chi connectivity index (χ2n) is 9.37. The standard InChI is InChI=1S/C25H35N3O3S/c1-19-8-4-5-9-22(19)18-32(30,31)27-14-12-26(13-15-27)17-25(29)24-16-20(2)28(21(24)3)23-10-6-7-11-23/h4-5,8-9,16,23H,6-7,10-15,17-18H2,1-3H3. The second kappa shape index (κ2) is 9.49. The first-order valence-electron chi connectivity index (χ1n) is 11.7. The molecule has 32 heavy (non-hydrogen) atoms. The fraction of sp³-hybridized carbons (Fsp3) is 0.560. The molecule has 4 rings (SSSR count). The molecule has 0 atom stereocenters. The summed E-state index contributed by atoms with van der Waals surface area (Å²) in [4.78, 5) is 15.2. The van der Waals surface area contributed by atoms with E-state index < -0.39 is 10.0 Å². The minimum atomic E-state index is -3.36. The third-order valence-electron chi connectivity index (χ3n) is 7.17. The summed E-state index contributed by atoms with van der Waals surface area (Å²) in [5.41, 5.74) is 4.92. The van der Waals surface area contributed by atoms with Crippen molar-refractivity contribution in [1.29, 1.82) is 0 Å². The monoisotopic (exact) mass is 457 g/mol. The Morgan fingerprint density at radius 1 is 1.00 bits per heavy atom. The van der Waals surface area contributed by atoms with E-state index in [-0.39, 0.29) is 11.5 Å². The van der Waals surface area contributed by atoms with Crippen LogP contribution in [0.5, 0.6) is 0 Å². The Bertz CT molecular complexity index is 1080. The summed E-state index contributed by atoms with van der Waals surface area (Å²) < 4.78 is 29.7. The maximum absolute atomic E-state index is 13.1. The van der Waals surface area contributed by atoms with Crippen LogP contribution in [0.1, 0.15) is 64.6 Å². The minimum absolute atomic E-state index is 0.0335. The van der Waals surface area contributed by atoms with Crippen molar-refractivity contribution in [3.8, 4) is 0 Å². The predicted octanol–water partition coefficient (Wildman–Crippen LogP) is 3.86. The van der Waals surface area contributed by atoms with Crippen LogP contribution in [0.4, 0.5) is 0 Å². The number of piperazine rings is 1. The summed E-state index contributed by atoms with van der Waals surface area (Å²) in [5.74, 6) is 0.171. The number of aryl methyl sites for hydroxylation is 2. The van der Waals surface area contributed by atoms with Crippen LogP contribution in [0, 0.1) is 20.8 Å². The smallest absolute Gasteiger partial charge is 0.218 e. The first-order chi connectivity index (χ1) is 15.3. The average Bonchev–Trinajstić information content (AvgIpc) is 3.37. The summed E-state index contributed by atoms with van der Waals surface area (Å²) in [7, 11) is -3.36. The molecule has 2 aliphatic rings. The molecule has 2 heterocycles. The molecule has 0 amide bonds. The lowest BCUT2D eigenvalue weighted by Crippen LogP contribution is -2.50. The van der Waals surface area contributed by atoms with Crippen molar-refractivity contribution in [2.24, 2.45) is 0 Å². The van der Waals surface area contributed by atoms with Gasteiger partial charge in [-0.25, -0.2) is 8.42 Å². The van der Waals surface area contributed by atoms with Crippen LogP contribution >= 0.6 is 0 Å². The van der Waals surface area contributed by atoms with Gasteiger partial charge in [-0.2, -0.15) is 4.31 Å². The van der Waals surface area contributed by atoms with Gasteiger partial charge in [0.1, 0.15) is 0 Å². The number of aromatic nitrogens is 1. The summed E-state index contributed by atoms with van der Waals surface area (Å²) in [6.45, 7) is 8.49. The normalized spacial score (nSPS) is 19.0. The highest BCUT2D eigenvalue weighted by atomic mass is 32.2. The molecule has 0 bridgehead atoms. The molecule has 2 fully saturated rings. The zero-order chi connectivity index (χ0) is 22.9. The molecule has 1 aromatic heterocycles. The number of sulfonamides is 1. The van der Waals surface area contributed by atoms with Crippen LogP contribution in [0.15, 0.2) is 30.3 Å². The molecular weight excluding hydrogens is 422 g/mol. The Morgan fingerprint density at radius 3 is 2.31 bits per heavy atom. The van der Waals surface area contributed by atoms with Gasteiger partial charge < -0.3 is 4.57 Å². The molecule has 0 N–H and O–H groups in total. The van der Waals surface area contributed by atoms with Gasteiger partial charge in [-0.15, -0.1) is 0 Å². The van der Waals surface area contributed by atoms with Crippen molar-refractivity contribution in [2.45, 2.75) is 58.2 Å². The Morgan fingerprint density at radius 2 is 1.66 bits per heavy atom. The molecule has 1 aliphatic heterocycles. The molecule has 7 heteroatoms. The van der Waals surface area contributed by atoms with Crippen LogP contribution in [0.3, 0.4) is 0 Å². The molecule has 0 radical (unpaired) electrons. The first kappa shape index (κ1) is 23.2. The van der Waals surface area contributed by atoms with Gasteiger partial charge >= 0.3 is 0 Å². The van der Waals surface area contributed by atoms with E-state index in [1.54, 1.807) is 4.31 Å². The van der Waals surface area contributed by atoms with E-state index >= 15 is 0 Å². The number of carbonyl (C=O) groups is 1. The van der Waals surface area contributed by atoms with E-state index in [4.69, 9.17) is 0 Å². The maximum Gasteiger partial charge on any atom is 0.218 e. The fourth-order valence-corrected chi connectivity index (χ4v) is 6.92. The summed E-state index contributed by atoms with van der Waals surface area (Å²) in [5, 5.41) is 0. The van der Waals surface area contributed by atoms with Crippen molar-refractivity contribution >= 4 is 15.8 Å². The van der Waals surface area contributed by atoms with E-state index in [0.717, 1.165) is 22.4 Å². The number of carbonyl (C=O) groups excluding carboxylic acids is 1. The van der Waals surface area contributed by atoms with Gasteiger partial charge in [0, 0.05) is 49.2 Å². The highest BCUT2D eigenvalue weighted by molar-refractivity contribution is 7.88. The van der Waals surface area contributed by atoms with Crippen LogP contribution in [0.2, 0.25) is 0 Å². The van der Waals surface area contributed by atoms with E-state index in [2.05, 4.69) is 23.3 Å². The van der Waals surface area contributed by atoms with Crippen LogP contribution in [-0.2, 0) is 15.8 Å². The Labute approximate surface area is 192 Å². The third-order valence-corrected chi connectivity index (χ3v) is 8.99. The molecular formula is C25H35N3O3S. The van der Waals surface area contributed by atoms with Gasteiger partial charge in [-0.1, -0.05) is 37.1 Å². The van der Waals surface area contributed by atoms with Crippen molar-refractivity contribution in [3.05, 3.63) is 58.4 Å². The van der Waals surface area contributed by atoms with Crippen LogP contribution in [0.25, 0.3) is 0 Å². The summed E-state index contributed by atoms with van der Waals surface area (Å²) in [6, 6.07) is 10.2. The van der Waals surface area contributed by atoms with Crippen molar-refractivity contribution < 1.29 is 13.2 Å². The van der Waals surface area contributed by atoms with Gasteiger partial charge in [-0.05, 0) is 50.8 Å². The third kappa shape index (κ3) is 4.85. The molecule has 1 saturated carbocycles. The lowest BCUT2D eigenvalue weighted by Gasteiger charge is -2.33. The molecule has 2 aromatic rings. The summed E-state index contributed by atoms with van der Waals surface area (Å²) >= 11 is 0. The Hall–Kier alpha value is -1.96. The number of benzene rings is 1. The van der Waals surface area contributed by atoms with Gasteiger partial charge in [0.25, 0.3) is 0 Å². The predicted molar refractivity (Wildman–Crippen MR) is 128 cm³/mol. The largest absolute Gasteiger partial charge is 0.345 e. The lowest BCUT2D eigenvalue weighted by molar-refractivity contribution is 0.0901. The maximum atomic E-state index is 13.1. The van der Waals surface area contributed by atoms with Gasteiger partial charge in [0.15, 0.2) is 5.78 Å². The quantitative estimate of drug-likeness (QED) is 0.593. The molecule has 0 spiro atoms. The number of Topliss-reactive ketones (excluding diaryl/α,β-unsaturated/α-hetero) is 1. The molecule has 1 aromatic carbocycles. The first-order valence-corrected chi connectivity index (χ1v) is 13.3. The average molecular weight is 458 g/mol. The van der Waals surface area contributed by atoms with Gasteiger partial charge in [0.2, 0.25) is 10.0 Å². The van der Waals surface area contributed by atoms with Crippen LogP contribution in [-0.4, -0.2) is 60.7 Å². The lowest BCUT2D eigenvalue weighted by atomic mass is 10.1. The van der Waals surface area contributed by atoms with E-state index in [0.29, 0.717) is 38.8 Å². The van der Waals surface area contributed by atoms with E-state index in [1.165, 1.54) is 31.4 Å². The zero-order valence-electron chi connectivity index (χ0n) is 19.5. The van der Waals surface area contributed by atoms with Gasteiger partial charge in [0.05, 0.1) is 12.3 Å². The fourth-order valence-electron chi connectivity index (χ4n) is 5.30. The highest BCUT2D eigenvalue weighted by Crippen LogP contribution is 2.33. The van der Waals surface area contributed by atoms with Gasteiger partial charge in [-0.3, -0.25) is 9.69 Å². The van der Waals surface area contributed by atoms with E-state index in [9.17, 15) is 13.2 Å². The van der Waals surface area contributed by atoms with E-state index in [1.807, 2.05) is 37.3 Å². The molecule has 1 saturated heterocycles. The molecule has 1 aliphatic carbocycles. The highest BCUT2D eigenvalue weighted by Gasteiger charge is 2.29. The summed E-state index contributed by atoms with van der Waals surface area (Å²) in [6.07, 6.45) is 4.93. The van der Waals surface area contributed by atoms with Crippen LogP contribution < -0.4 is 0 Å². The number of nitrogens with zero attached hydrogens (tertiary/aromatic N) is 3. The number of rotatable bonds is 7. The number of hydrogen-bond acceptors (Lipinski definition) is 4. The molecule has 174 valence electrons.